The van der Waals surface area contributed by atoms with Crippen LogP contribution in [0.2, 0.25) is 0 Å². The van der Waals surface area contributed by atoms with Crippen molar-refractivity contribution in [2.24, 2.45) is 0 Å². The van der Waals surface area contributed by atoms with E-state index in [4.69, 9.17) is 5.84 Å². The summed E-state index contributed by atoms with van der Waals surface area (Å²) in [5.74, 6) is 6.79. The van der Waals surface area contributed by atoms with Crippen LogP contribution in [-0.4, -0.2) is 48.6 Å². The first-order chi connectivity index (χ1) is 13.5. The number of likely N-dealkylation sites (tertiary alicyclic amines) is 1. The Hall–Kier alpha value is -2.81. The first kappa shape index (κ1) is 18.5. The van der Waals surface area contributed by atoms with Crippen LogP contribution >= 0.6 is 11.8 Å². The van der Waals surface area contributed by atoms with Crippen molar-refractivity contribution in [3.63, 3.8) is 0 Å². The summed E-state index contributed by atoms with van der Waals surface area (Å²) >= 11 is 1.32. The zero-order valence-corrected chi connectivity index (χ0v) is 16.8. The van der Waals surface area contributed by atoms with Crippen LogP contribution in [0.25, 0.3) is 5.95 Å². The monoisotopic (exact) mass is 397 g/mol. The lowest BCUT2D eigenvalue weighted by Gasteiger charge is -2.22. The number of nitrogens with two attached hydrogens (primary N) is 1. The average molecular weight is 398 g/mol. The molecule has 1 amide bonds. The van der Waals surface area contributed by atoms with Crippen molar-refractivity contribution >= 4 is 17.7 Å². The number of rotatable bonds is 5. The fourth-order valence-corrected chi connectivity index (χ4v) is 4.46. The Labute approximate surface area is 167 Å². The van der Waals surface area contributed by atoms with Gasteiger partial charge in [-0.1, -0.05) is 42.1 Å². The van der Waals surface area contributed by atoms with Gasteiger partial charge in [0.1, 0.15) is 5.25 Å². The standard InChI is InChI=1S/C19H23N7OS/c1-13-12-14(2)26(23-13)18-21-22-19(25(18)20)28-16(15-8-4-3-5-9-15)17(27)24-10-6-7-11-24/h3-5,8-9,12,16H,6-7,10-11,20H2,1-2H3/t16-/m0/s1. The second kappa shape index (κ2) is 7.67. The Morgan fingerprint density at radius 3 is 2.50 bits per heavy atom. The number of aromatic nitrogens is 5. The number of nitrogens with zero attached hydrogens (tertiary/aromatic N) is 6. The highest BCUT2D eigenvalue weighted by Crippen LogP contribution is 2.36. The molecule has 9 heteroatoms. The van der Waals surface area contributed by atoms with Crippen LogP contribution in [0.1, 0.15) is 35.0 Å². The average Bonchev–Trinajstić information content (AvgIpc) is 3.41. The lowest BCUT2D eigenvalue weighted by molar-refractivity contribution is -0.129. The van der Waals surface area contributed by atoms with E-state index in [0.717, 1.165) is 42.9 Å². The van der Waals surface area contributed by atoms with Gasteiger partial charge in [0.2, 0.25) is 11.1 Å². The Bertz CT molecular complexity index is 976. The van der Waals surface area contributed by atoms with E-state index in [9.17, 15) is 4.79 Å². The molecular weight excluding hydrogens is 374 g/mol. The van der Waals surface area contributed by atoms with E-state index >= 15 is 0 Å². The van der Waals surface area contributed by atoms with Crippen LogP contribution in [0, 0.1) is 13.8 Å². The third kappa shape index (κ3) is 3.49. The maximum absolute atomic E-state index is 13.2. The van der Waals surface area contributed by atoms with Crippen molar-refractivity contribution in [1.82, 2.24) is 29.6 Å². The number of aryl methyl sites for hydroxylation is 2. The normalized spacial score (nSPS) is 15.1. The van der Waals surface area contributed by atoms with Gasteiger partial charge in [-0.15, -0.1) is 10.2 Å². The maximum Gasteiger partial charge on any atom is 0.271 e. The summed E-state index contributed by atoms with van der Waals surface area (Å²) in [5, 5.41) is 12.9. The Morgan fingerprint density at radius 2 is 1.86 bits per heavy atom. The third-order valence-electron chi connectivity index (χ3n) is 4.81. The quantitative estimate of drug-likeness (QED) is 0.524. The highest BCUT2D eigenvalue weighted by Gasteiger charge is 2.30. The maximum atomic E-state index is 13.2. The molecule has 0 unspecified atom stereocenters. The molecule has 0 spiro atoms. The molecule has 146 valence electrons. The number of amides is 1. The van der Waals surface area contributed by atoms with Gasteiger partial charge in [-0.25, -0.2) is 9.36 Å². The van der Waals surface area contributed by atoms with Crippen molar-refractivity contribution in [3.05, 3.63) is 53.3 Å². The van der Waals surface area contributed by atoms with E-state index in [1.165, 1.54) is 16.4 Å². The van der Waals surface area contributed by atoms with Crippen LogP contribution in [-0.2, 0) is 4.79 Å². The molecule has 2 aromatic heterocycles. The second-order valence-corrected chi connectivity index (χ2v) is 8.00. The number of carbonyl (C=O) groups excluding carboxylic acids is 1. The minimum atomic E-state index is -0.417. The lowest BCUT2D eigenvalue weighted by atomic mass is 10.1. The van der Waals surface area contributed by atoms with Crippen molar-refractivity contribution in [2.75, 3.05) is 18.9 Å². The van der Waals surface area contributed by atoms with Gasteiger partial charge >= 0.3 is 0 Å². The Kier molecular flexibility index (Phi) is 5.08. The molecule has 8 nitrogen and oxygen atoms in total. The van der Waals surface area contributed by atoms with Gasteiger partial charge in [0.05, 0.1) is 5.69 Å². The number of hydrogen-bond donors (Lipinski definition) is 1. The van der Waals surface area contributed by atoms with E-state index in [1.54, 1.807) is 4.68 Å². The molecule has 1 atom stereocenters. The predicted molar refractivity (Wildman–Crippen MR) is 108 cm³/mol. The van der Waals surface area contributed by atoms with Gasteiger partial charge in [0, 0.05) is 18.8 Å². The Balaban J connectivity index is 1.66. The van der Waals surface area contributed by atoms with E-state index in [2.05, 4.69) is 15.3 Å². The van der Waals surface area contributed by atoms with Gasteiger partial charge < -0.3 is 10.7 Å². The molecule has 1 aliphatic rings. The molecule has 0 saturated carbocycles. The van der Waals surface area contributed by atoms with Crippen LogP contribution in [0.5, 0.6) is 0 Å². The van der Waals surface area contributed by atoms with Gasteiger partial charge in [0.15, 0.2) is 0 Å². The highest BCUT2D eigenvalue weighted by atomic mass is 32.2. The first-order valence-corrected chi connectivity index (χ1v) is 10.2. The molecule has 3 aromatic rings. The van der Waals surface area contributed by atoms with E-state index in [0.29, 0.717) is 11.1 Å². The third-order valence-corrected chi connectivity index (χ3v) is 6.01. The largest absolute Gasteiger partial charge is 0.341 e. The van der Waals surface area contributed by atoms with Gasteiger partial charge in [0.25, 0.3) is 5.95 Å². The summed E-state index contributed by atoms with van der Waals surface area (Å²) in [6.45, 7) is 5.45. The van der Waals surface area contributed by atoms with Crippen molar-refractivity contribution in [2.45, 2.75) is 37.1 Å². The van der Waals surface area contributed by atoms with Crippen molar-refractivity contribution < 1.29 is 4.79 Å². The molecule has 1 saturated heterocycles. The van der Waals surface area contributed by atoms with E-state index < -0.39 is 5.25 Å². The first-order valence-electron chi connectivity index (χ1n) is 9.29. The summed E-state index contributed by atoms with van der Waals surface area (Å²) in [5.41, 5.74) is 2.72. The zero-order valence-electron chi connectivity index (χ0n) is 15.9. The summed E-state index contributed by atoms with van der Waals surface area (Å²) in [6.07, 6.45) is 2.10. The molecule has 1 aromatic carbocycles. The van der Waals surface area contributed by atoms with Crippen LogP contribution in [0.4, 0.5) is 0 Å². The minimum absolute atomic E-state index is 0.0874. The predicted octanol–water partition coefficient (Wildman–Crippen LogP) is 2.25. The summed E-state index contributed by atoms with van der Waals surface area (Å²) in [7, 11) is 0. The number of benzene rings is 1. The zero-order chi connectivity index (χ0) is 19.7. The lowest BCUT2D eigenvalue weighted by Crippen LogP contribution is -2.31. The van der Waals surface area contributed by atoms with Crippen molar-refractivity contribution in [3.8, 4) is 5.95 Å². The topological polar surface area (TPSA) is 94.9 Å². The molecule has 0 aliphatic carbocycles. The van der Waals surface area contributed by atoms with Crippen LogP contribution < -0.4 is 5.84 Å². The van der Waals surface area contributed by atoms with Gasteiger partial charge in [-0.2, -0.15) is 5.10 Å². The van der Waals surface area contributed by atoms with Crippen LogP contribution in [0.3, 0.4) is 0 Å². The fraction of sp³-hybridized carbons (Fsp3) is 0.368. The molecular formula is C19H23N7OS. The molecule has 3 heterocycles. The van der Waals surface area contributed by atoms with Crippen LogP contribution in [0.15, 0.2) is 41.6 Å². The smallest absolute Gasteiger partial charge is 0.271 e. The number of thioether (sulfide) groups is 1. The molecule has 2 N–H and O–H groups in total. The van der Waals surface area contributed by atoms with E-state index in [1.807, 2.05) is 55.1 Å². The SMILES string of the molecule is Cc1cc(C)n(-c2nnc(S[C@H](C(=O)N3CCCC3)c3ccccc3)n2N)n1. The molecule has 0 bridgehead atoms. The fourth-order valence-electron chi connectivity index (χ4n) is 3.42. The summed E-state index contributed by atoms with van der Waals surface area (Å²) in [4.78, 5) is 15.1. The van der Waals surface area contributed by atoms with Gasteiger partial charge in [-0.3, -0.25) is 4.79 Å². The molecule has 1 fully saturated rings. The summed E-state index contributed by atoms with van der Waals surface area (Å²) < 4.78 is 3.06. The highest BCUT2D eigenvalue weighted by molar-refractivity contribution is 8.00. The Morgan fingerprint density at radius 1 is 1.14 bits per heavy atom. The second-order valence-electron chi connectivity index (χ2n) is 6.93. The van der Waals surface area contributed by atoms with Crippen molar-refractivity contribution in [1.29, 1.82) is 0 Å². The minimum Gasteiger partial charge on any atom is -0.341 e. The molecule has 0 radical (unpaired) electrons. The number of hydrogen-bond acceptors (Lipinski definition) is 6. The molecule has 4 rings (SSSR count). The molecule has 1 aliphatic heterocycles. The number of nitrogen functional groups attached to an aromatic ring is 1. The molecule has 28 heavy (non-hydrogen) atoms. The van der Waals surface area contributed by atoms with E-state index in [-0.39, 0.29) is 5.91 Å². The van der Waals surface area contributed by atoms with Gasteiger partial charge in [-0.05, 0) is 38.3 Å². The summed E-state index contributed by atoms with van der Waals surface area (Å²) in [6, 6.07) is 11.7. The number of carbonyl (C=O) groups is 1.